The molecule has 5 nitrogen and oxygen atoms in total. The smallest absolute Gasteiger partial charge is 0.272 e. The molecule has 2 aromatic rings. The van der Waals surface area contributed by atoms with Crippen molar-refractivity contribution in [3.63, 3.8) is 0 Å². The quantitative estimate of drug-likeness (QED) is 0.543. The average molecular weight is 430 g/mol. The lowest BCUT2D eigenvalue weighted by Gasteiger charge is -2.26. The van der Waals surface area contributed by atoms with E-state index in [-0.39, 0.29) is 11.5 Å². The van der Waals surface area contributed by atoms with Gasteiger partial charge in [0.05, 0.1) is 22.0 Å². The first-order valence-corrected chi connectivity index (χ1v) is 12.1. The number of benzene rings is 1. The van der Waals surface area contributed by atoms with E-state index in [1.165, 1.54) is 18.2 Å². The van der Waals surface area contributed by atoms with E-state index in [9.17, 15) is 9.59 Å². The molecule has 29 heavy (non-hydrogen) atoms. The zero-order valence-electron chi connectivity index (χ0n) is 17.2. The van der Waals surface area contributed by atoms with E-state index in [0.29, 0.717) is 16.2 Å². The highest BCUT2D eigenvalue weighted by atomic mass is 32.2. The molecule has 154 valence electrons. The second-order valence-corrected chi connectivity index (χ2v) is 10.4. The predicted octanol–water partition coefficient (Wildman–Crippen LogP) is 3.99. The van der Waals surface area contributed by atoms with Gasteiger partial charge in [-0.05, 0) is 56.4 Å². The molecule has 0 bridgehead atoms. The number of aromatic nitrogens is 2. The summed E-state index contributed by atoms with van der Waals surface area (Å²) in [6, 6.07) is 6.13. The molecule has 0 N–H and O–H groups in total. The van der Waals surface area contributed by atoms with Gasteiger partial charge >= 0.3 is 0 Å². The minimum Gasteiger partial charge on any atom is -0.342 e. The third-order valence-corrected chi connectivity index (χ3v) is 7.52. The predicted molar refractivity (Wildman–Crippen MR) is 119 cm³/mol. The molecule has 3 heterocycles. The van der Waals surface area contributed by atoms with E-state index in [1.54, 1.807) is 16.3 Å². The topological polar surface area (TPSA) is 55.2 Å². The molecule has 7 heteroatoms. The minimum absolute atomic E-state index is 0.0118. The number of amides is 1. The molecule has 1 amide bonds. The van der Waals surface area contributed by atoms with Gasteiger partial charge in [-0.25, -0.2) is 4.98 Å². The van der Waals surface area contributed by atoms with Crippen molar-refractivity contribution in [1.82, 2.24) is 14.5 Å². The van der Waals surface area contributed by atoms with Crippen LogP contribution >= 0.6 is 23.5 Å². The molecule has 4 rings (SSSR count). The van der Waals surface area contributed by atoms with E-state index in [1.807, 2.05) is 30.9 Å². The second kappa shape index (κ2) is 8.56. The van der Waals surface area contributed by atoms with Gasteiger partial charge in [-0.15, -0.1) is 11.8 Å². The van der Waals surface area contributed by atoms with Crippen molar-refractivity contribution >= 4 is 29.4 Å². The highest BCUT2D eigenvalue weighted by Crippen LogP contribution is 2.35. The highest BCUT2D eigenvalue weighted by molar-refractivity contribution is 8.00. The Morgan fingerprint density at radius 2 is 1.86 bits per heavy atom. The number of likely N-dealkylation sites (tertiary alicyclic amines) is 1. The molecule has 1 atom stereocenters. The van der Waals surface area contributed by atoms with Crippen LogP contribution in [0.3, 0.4) is 0 Å². The van der Waals surface area contributed by atoms with Crippen LogP contribution in [0.2, 0.25) is 0 Å². The minimum atomic E-state index is -0.0118. The standard InChI is InChI=1S/C22H27N3O2S2/c1-14-9-15(2)11-17(10-14)25-21(27)20-18(12-16(3)29-20)23-22(25)28-13-19(26)24-7-5-4-6-8-24/h9-11,16H,4-8,12-13H2,1-3H3. The Hall–Kier alpha value is -1.73. The summed E-state index contributed by atoms with van der Waals surface area (Å²) in [5, 5.41) is 0.979. The van der Waals surface area contributed by atoms with Crippen LogP contribution in [0.5, 0.6) is 0 Å². The summed E-state index contributed by atoms with van der Waals surface area (Å²) >= 11 is 3.00. The average Bonchev–Trinajstić information content (AvgIpc) is 3.06. The molecule has 1 unspecified atom stereocenters. The van der Waals surface area contributed by atoms with Crippen molar-refractivity contribution in [2.75, 3.05) is 18.8 Å². The number of carbonyl (C=O) groups excluding carboxylic acids is 1. The van der Waals surface area contributed by atoms with E-state index in [4.69, 9.17) is 4.98 Å². The molecular formula is C22H27N3O2S2. The molecule has 1 aromatic heterocycles. The highest BCUT2D eigenvalue weighted by Gasteiger charge is 2.27. The lowest BCUT2D eigenvalue weighted by atomic mass is 10.1. The first-order chi connectivity index (χ1) is 13.9. The third-order valence-electron chi connectivity index (χ3n) is 5.38. The van der Waals surface area contributed by atoms with Crippen molar-refractivity contribution in [2.45, 2.75) is 61.8 Å². The summed E-state index contributed by atoms with van der Waals surface area (Å²) < 4.78 is 1.71. The van der Waals surface area contributed by atoms with Crippen LogP contribution in [0.15, 0.2) is 33.0 Å². The monoisotopic (exact) mass is 429 g/mol. The van der Waals surface area contributed by atoms with Crippen LogP contribution in [0.25, 0.3) is 5.69 Å². The van der Waals surface area contributed by atoms with Gasteiger partial charge in [-0.2, -0.15) is 0 Å². The Morgan fingerprint density at radius 3 is 2.55 bits per heavy atom. The number of piperidine rings is 1. The van der Waals surface area contributed by atoms with Gasteiger partial charge in [0.25, 0.3) is 5.56 Å². The second-order valence-electron chi connectivity index (χ2n) is 8.02. The fraction of sp³-hybridized carbons (Fsp3) is 0.500. The Balaban J connectivity index is 1.70. The maximum Gasteiger partial charge on any atom is 0.272 e. The Labute approximate surface area is 180 Å². The molecule has 0 aliphatic carbocycles. The maximum atomic E-state index is 13.4. The van der Waals surface area contributed by atoms with Gasteiger partial charge in [-0.3, -0.25) is 14.2 Å². The van der Waals surface area contributed by atoms with E-state index >= 15 is 0 Å². The number of fused-ring (bicyclic) bond motifs is 1. The SMILES string of the molecule is Cc1cc(C)cc(-n2c(SCC(=O)N3CCCCC3)nc3c(c2=O)SC(C)C3)c1. The van der Waals surface area contributed by atoms with Gasteiger partial charge in [0.1, 0.15) is 0 Å². The van der Waals surface area contributed by atoms with Crippen LogP contribution in [-0.2, 0) is 11.2 Å². The fourth-order valence-corrected chi connectivity index (χ4v) is 6.09. The summed E-state index contributed by atoms with van der Waals surface area (Å²) in [5.41, 5.74) is 3.90. The van der Waals surface area contributed by atoms with Gasteiger partial charge in [-0.1, -0.05) is 24.8 Å². The van der Waals surface area contributed by atoms with Gasteiger partial charge in [0, 0.05) is 24.8 Å². The number of carbonyl (C=O) groups is 1. The fourth-order valence-electron chi connectivity index (χ4n) is 4.07. The number of hydrogen-bond acceptors (Lipinski definition) is 5. The zero-order chi connectivity index (χ0) is 20.5. The first-order valence-electron chi connectivity index (χ1n) is 10.2. The van der Waals surface area contributed by atoms with Crippen LogP contribution in [0, 0.1) is 13.8 Å². The Kier molecular flexibility index (Phi) is 6.06. The van der Waals surface area contributed by atoms with Crippen molar-refractivity contribution in [1.29, 1.82) is 0 Å². The number of rotatable bonds is 4. The molecule has 0 radical (unpaired) electrons. The summed E-state index contributed by atoms with van der Waals surface area (Å²) in [6.07, 6.45) is 4.16. The van der Waals surface area contributed by atoms with Crippen molar-refractivity contribution < 1.29 is 4.79 Å². The maximum absolute atomic E-state index is 13.4. The number of hydrogen-bond donors (Lipinski definition) is 0. The van der Waals surface area contributed by atoms with Crippen molar-refractivity contribution in [3.05, 3.63) is 45.4 Å². The number of aryl methyl sites for hydroxylation is 2. The van der Waals surface area contributed by atoms with Crippen LogP contribution in [-0.4, -0.2) is 44.5 Å². The molecule has 1 saturated heterocycles. The summed E-state index contributed by atoms with van der Waals surface area (Å²) in [6.45, 7) is 7.88. The summed E-state index contributed by atoms with van der Waals surface area (Å²) in [5.74, 6) is 0.456. The molecule has 1 fully saturated rings. The molecular weight excluding hydrogens is 402 g/mol. The normalized spacial score (nSPS) is 18.7. The largest absolute Gasteiger partial charge is 0.342 e. The van der Waals surface area contributed by atoms with Crippen LogP contribution < -0.4 is 5.56 Å². The van der Waals surface area contributed by atoms with Crippen LogP contribution in [0.4, 0.5) is 0 Å². The van der Waals surface area contributed by atoms with Gasteiger partial charge in [0.15, 0.2) is 5.16 Å². The number of nitrogens with zero attached hydrogens (tertiary/aromatic N) is 3. The van der Waals surface area contributed by atoms with Gasteiger partial charge in [0.2, 0.25) is 5.91 Å². The van der Waals surface area contributed by atoms with Crippen molar-refractivity contribution in [2.24, 2.45) is 0 Å². The first kappa shape index (κ1) is 20.5. The molecule has 2 aliphatic rings. The molecule has 1 aromatic carbocycles. The lowest BCUT2D eigenvalue weighted by Crippen LogP contribution is -2.37. The molecule has 0 saturated carbocycles. The third kappa shape index (κ3) is 4.40. The lowest BCUT2D eigenvalue weighted by molar-refractivity contribution is -0.129. The summed E-state index contributed by atoms with van der Waals surface area (Å²) in [7, 11) is 0. The number of thioether (sulfide) groups is 2. The molecule has 2 aliphatic heterocycles. The summed E-state index contributed by atoms with van der Waals surface area (Å²) in [4.78, 5) is 33.6. The Morgan fingerprint density at radius 1 is 1.17 bits per heavy atom. The van der Waals surface area contributed by atoms with E-state index < -0.39 is 0 Å². The molecule has 0 spiro atoms. The van der Waals surface area contributed by atoms with Gasteiger partial charge < -0.3 is 4.90 Å². The van der Waals surface area contributed by atoms with E-state index in [2.05, 4.69) is 13.0 Å². The van der Waals surface area contributed by atoms with E-state index in [0.717, 1.165) is 59.8 Å². The zero-order valence-corrected chi connectivity index (χ0v) is 18.9. The van der Waals surface area contributed by atoms with Crippen molar-refractivity contribution in [3.8, 4) is 5.69 Å². The van der Waals surface area contributed by atoms with Crippen LogP contribution in [0.1, 0.15) is 43.0 Å². The Bertz CT molecular complexity index is 976.